The minimum absolute atomic E-state index is 0.0728. The molecule has 3 aromatic heterocycles. The molecule has 0 fully saturated rings. The molecule has 8 nitrogen and oxygen atoms in total. The van der Waals surface area contributed by atoms with Crippen LogP contribution in [0.1, 0.15) is 31.3 Å². The molecule has 9 heteroatoms. The van der Waals surface area contributed by atoms with E-state index < -0.39 is 0 Å². The van der Waals surface area contributed by atoms with Gasteiger partial charge in [0.15, 0.2) is 5.16 Å². The second kappa shape index (κ2) is 9.78. The third-order valence-electron chi connectivity index (χ3n) is 4.94. The van der Waals surface area contributed by atoms with E-state index in [2.05, 4.69) is 25.4 Å². The molecule has 0 aliphatic carbocycles. The maximum atomic E-state index is 12.8. The van der Waals surface area contributed by atoms with Crippen molar-refractivity contribution < 1.29 is 9.32 Å². The zero-order valence-electron chi connectivity index (χ0n) is 18.1. The highest BCUT2D eigenvalue weighted by Crippen LogP contribution is 2.25. The summed E-state index contributed by atoms with van der Waals surface area (Å²) < 4.78 is 7.46. The monoisotopic (exact) mass is 448 g/mol. The van der Waals surface area contributed by atoms with Gasteiger partial charge in [-0.1, -0.05) is 49.0 Å². The lowest BCUT2D eigenvalue weighted by Crippen LogP contribution is -2.33. The van der Waals surface area contributed by atoms with Crippen LogP contribution < -0.4 is 5.32 Å². The van der Waals surface area contributed by atoms with E-state index in [0.29, 0.717) is 11.7 Å². The first-order valence-electron chi connectivity index (χ1n) is 10.3. The summed E-state index contributed by atoms with van der Waals surface area (Å²) in [6, 6.07) is 11.3. The molecule has 4 aromatic rings. The van der Waals surface area contributed by atoms with Crippen LogP contribution in [-0.2, 0) is 4.79 Å². The molecule has 164 valence electrons. The summed E-state index contributed by atoms with van der Waals surface area (Å²) in [6.07, 6.45) is 6.98. The number of hydrogen-bond acceptors (Lipinski definition) is 7. The number of nitrogens with zero attached hydrogens (tertiary/aromatic N) is 5. The number of benzene rings is 1. The number of aromatic nitrogens is 5. The van der Waals surface area contributed by atoms with Gasteiger partial charge in [0.1, 0.15) is 6.04 Å². The van der Waals surface area contributed by atoms with Gasteiger partial charge in [0, 0.05) is 30.4 Å². The lowest BCUT2D eigenvalue weighted by molar-refractivity contribution is -0.119. The van der Waals surface area contributed by atoms with E-state index in [-0.39, 0.29) is 23.6 Å². The van der Waals surface area contributed by atoms with Gasteiger partial charge in [0.2, 0.25) is 17.6 Å². The molecule has 4 rings (SSSR count). The average Bonchev–Trinajstić information content (AvgIpc) is 3.47. The Kier molecular flexibility index (Phi) is 6.65. The van der Waals surface area contributed by atoms with Crippen LogP contribution in [0.3, 0.4) is 0 Å². The van der Waals surface area contributed by atoms with Gasteiger partial charge in [-0.05, 0) is 36.6 Å². The molecular formula is C23H24N6O2S. The number of carbonyl (C=O) groups excluding carboxylic acids is 1. The highest BCUT2D eigenvalue weighted by molar-refractivity contribution is 7.99. The highest BCUT2D eigenvalue weighted by atomic mass is 32.2. The van der Waals surface area contributed by atoms with E-state index in [1.54, 1.807) is 18.6 Å². The first-order chi connectivity index (χ1) is 15.5. The number of pyridine rings is 1. The summed E-state index contributed by atoms with van der Waals surface area (Å²) in [5.74, 6) is 1.01. The summed E-state index contributed by atoms with van der Waals surface area (Å²) in [5, 5.41) is 7.84. The van der Waals surface area contributed by atoms with E-state index in [1.165, 1.54) is 11.8 Å². The molecule has 1 N–H and O–H groups in total. The molecule has 0 aliphatic rings. The molecule has 1 unspecified atom stereocenters. The highest BCUT2D eigenvalue weighted by Gasteiger charge is 2.25. The first kappa shape index (κ1) is 21.8. The number of thioether (sulfide) groups is 1. The minimum Gasteiger partial charge on any atom is -0.343 e. The quantitative estimate of drug-likeness (QED) is 0.403. The van der Waals surface area contributed by atoms with Crippen LogP contribution in [0.4, 0.5) is 0 Å². The number of aryl methyl sites for hydroxylation is 1. The smallest absolute Gasteiger partial charge is 0.249 e. The standard InChI is InChI=1S/C23H24N6O2S/c1-15(2)20(22-27-21(28-31-22)17-8-10-24-11-9-17)26-19(30)14-32-23-25-12-13-29(23)18-7-5-4-6-16(18)3/h4-13,15,20H,14H2,1-3H3,(H,26,30). The molecule has 3 heterocycles. The predicted molar refractivity (Wildman–Crippen MR) is 122 cm³/mol. The van der Waals surface area contributed by atoms with E-state index in [9.17, 15) is 4.79 Å². The normalized spacial score (nSPS) is 12.1. The molecule has 32 heavy (non-hydrogen) atoms. The van der Waals surface area contributed by atoms with Crippen LogP contribution in [0.25, 0.3) is 17.1 Å². The topological polar surface area (TPSA) is 98.7 Å². The molecule has 0 bridgehead atoms. The van der Waals surface area contributed by atoms with Gasteiger partial charge in [-0.2, -0.15) is 4.98 Å². The molecule has 1 aromatic carbocycles. The third-order valence-corrected chi connectivity index (χ3v) is 5.91. The van der Waals surface area contributed by atoms with Gasteiger partial charge in [0.25, 0.3) is 0 Å². The van der Waals surface area contributed by atoms with Crippen LogP contribution in [0.5, 0.6) is 0 Å². The Bertz CT molecular complexity index is 1190. The summed E-state index contributed by atoms with van der Waals surface area (Å²) in [4.78, 5) is 25.7. The van der Waals surface area contributed by atoms with Crippen molar-refractivity contribution in [2.24, 2.45) is 5.92 Å². The van der Waals surface area contributed by atoms with Crippen molar-refractivity contribution in [2.75, 3.05) is 5.75 Å². The van der Waals surface area contributed by atoms with Crippen molar-refractivity contribution in [1.29, 1.82) is 0 Å². The van der Waals surface area contributed by atoms with E-state index in [1.807, 2.05) is 67.9 Å². The molecule has 0 saturated carbocycles. The van der Waals surface area contributed by atoms with E-state index >= 15 is 0 Å². The second-order valence-corrected chi connectivity index (χ2v) is 8.58. The van der Waals surface area contributed by atoms with Crippen LogP contribution >= 0.6 is 11.8 Å². The Morgan fingerprint density at radius 3 is 2.69 bits per heavy atom. The third kappa shape index (κ3) is 4.88. The Morgan fingerprint density at radius 1 is 1.16 bits per heavy atom. The minimum atomic E-state index is -0.387. The van der Waals surface area contributed by atoms with Crippen LogP contribution in [-0.4, -0.2) is 36.3 Å². The van der Waals surface area contributed by atoms with E-state index in [0.717, 1.165) is 22.0 Å². The Hall–Kier alpha value is -3.46. The van der Waals surface area contributed by atoms with Crippen molar-refractivity contribution in [1.82, 2.24) is 30.0 Å². The second-order valence-electron chi connectivity index (χ2n) is 7.64. The number of hydrogen-bond donors (Lipinski definition) is 1. The molecule has 0 radical (unpaired) electrons. The van der Waals surface area contributed by atoms with Crippen molar-refractivity contribution in [2.45, 2.75) is 32.0 Å². The number of amides is 1. The lowest BCUT2D eigenvalue weighted by atomic mass is 10.0. The molecular weight excluding hydrogens is 424 g/mol. The fourth-order valence-corrected chi connectivity index (χ4v) is 4.03. The number of nitrogens with one attached hydrogen (secondary N) is 1. The summed E-state index contributed by atoms with van der Waals surface area (Å²) in [6.45, 7) is 6.05. The summed E-state index contributed by atoms with van der Waals surface area (Å²) in [7, 11) is 0. The van der Waals surface area contributed by atoms with Crippen LogP contribution in [0.15, 0.2) is 70.9 Å². The van der Waals surface area contributed by atoms with Gasteiger partial charge < -0.3 is 9.84 Å². The van der Waals surface area contributed by atoms with Crippen molar-refractivity contribution in [3.05, 3.63) is 72.6 Å². The Morgan fingerprint density at radius 2 is 1.94 bits per heavy atom. The van der Waals surface area contributed by atoms with Gasteiger partial charge in [-0.3, -0.25) is 14.3 Å². The van der Waals surface area contributed by atoms with Gasteiger partial charge >= 0.3 is 0 Å². The zero-order chi connectivity index (χ0) is 22.5. The zero-order valence-corrected chi connectivity index (χ0v) is 18.9. The van der Waals surface area contributed by atoms with Gasteiger partial charge in [0.05, 0.1) is 11.4 Å². The average molecular weight is 449 g/mol. The van der Waals surface area contributed by atoms with Crippen molar-refractivity contribution in [3.8, 4) is 17.1 Å². The van der Waals surface area contributed by atoms with Crippen molar-refractivity contribution in [3.63, 3.8) is 0 Å². The molecule has 1 amide bonds. The van der Waals surface area contributed by atoms with Gasteiger partial charge in [-0.25, -0.2) is 4.98 Å². The summed E-state index contributed by atoms with van der Waals surface area (Å²) in [5.41, 5.74) is 2.99. The van der Waals surface area contributed by atoms with Crippen LogP contribution in [0.2, 0.25) is 0 Å². The van der Waals surface area contributed by atoms with Gasteiger partial charge in [-0.15, -0.1) is 0 Å². The number of carbonyl (C=O) groups is 1. The molecule has 0 saturated heterocycles. The Labute approximate surface area is 190 Å². The first-order valence-corrected chi connectivity index (χ1v) is 11.3. The maximum absolute atomic E-state index is 12.8. The molecule has 1 atom stereocenters. The lowest BCUT2D eigenvalue weighted by Gasteiger charge is -2.18. The summed E-state index contributed by atoms with van der Waals surface area (Å²) >= 11 is 1.38. The molecule has 0 aliphatic heterocycles. The SMILES string of the molecule is Cc1ccccc1-n1ccnc1SCC(=O)NC(c1nc(-c2ccncc2)no1)C(C)C. The Balaban J connectivity index is 1.43. The fourth-order valence-electron chi connectivity index (χ4n) is 3.25. The van der Waals surface area contributed by atoms with Crippen LogP contribution in [0, 0.1) is 12.8 Å². The number of rotatable bonds is 8. The number of para-hydroxylation sites is 1. The molecule has 0 spiro atoms. The van der Waals surface area contributed by atoms with Crippen molar-refractivity contribution >= 4 is 17.7 Å². The predicted octanol–water partition coefficient (Wildman–Crippen LogP) is 4.23. The largest absolute Gasteiger partial charge is 0.343 e. The fraction of sp³-hybridized carbons (Fsp3) is 0.261. The number of imidazole rings is 1. The van der Waals surface area contributed by atoms with E-state index in [4.69, 9.17) is 4.52 Å². The maximum Gasteiger partial charge on any atom is 0.249 e.